The zero-order chi connectivity index (χ0) is 30.3. The van der Waals surface area contributed by atoms with Crippen LogP contribution in [-0.4, -0.2) is 44.3 Å². The highest BCUT2D eigenvalue weighted by Crippen LogP contribution is 2.35. The maximum atomic E-state index is 14.2. The van der Waals surface area contributed by atoms with Gasteiger partial charge >= 0.3 is 0 Å². The third-order valence-corrected chi connectivity index (χ3v) is 9.34. The molecule has 0 aliphatic carbocycles. The predicted molar refractivity (Wildman–Crippen MR) is 166 cm³/mol. The van der Waals surface area contributed by atoms with E-state index in [2.05, 4.69) is 5.32 Å². The van der Waals surface area contributed by atoms with Crippen LogP contribution in [0.2, 0.25) is 10.0 Å². The molecule has 7 nitrogen and oxygen atoms in total. The van der Waals surface area contributed by atoms with Gasteiger partial charge in [-0.1, -0.05) is 92.0 Å². The molecule has 3 aromatic carbocycles. The molecule has 0 radical (unpaired) electrons. The second-order valence-corrected chi connectivity index (χ2v) is 13.1. The highest BCUT2D eigenvalue weighted by molar-refractivity contribution is 7.92. The number of amides is 2. The number of carbonyl (C=O) groups is 2. The molecule has 0 aromatic heterocycles. The molecule has 2 amide bonds. The van der Waals surface area contributed by atoms with Gasteiger partial charge in [0.25, 0.3) is 10.0 Å². The molecule has 3 aromatic rings. The third kappa shape index (κ3) is 8.03. The Morgan fingerprint density at radius 3 is 2.20 bits per heavy atom. The lowest BCUT2D eigenvalue weighted by Crippen LogP contribution is -2.52. The van der Waals surface area contributed by atoms with Crippen LogP contribution in [0.15, 0.2) is 71.6 Å². The van der Waals surface area contributed by atoms with E-state index in [1.54, 1.807) is 24.3 Å². The molecule has 0 spiro atoms. The summed E-state index contributed by atoms with van der Waals surface area (Å²) in [7, 11) is -4.25. The van der Waals surface area contributed by atoms with Crippen molar-refractivity contribution in [2.45, 2.75) is 58.5 Å². The number of halogens is 2. The minimum atomic E-state index is -4.25. The van der Waals surface area contributed by atoms with Gasteiger partial charge in [-0.15, -0.1) is 0 Å². The maximum Gasteiger partial charge on any atom is 0.264 e. The number of aryl methyl sites for hydroxylation is 2. The van der Waals surface area contributed by atoms with Crippen LogP contribution in [0.3, 0.4) is 0 Å². The Morgan fingerprint density at radius 1 is 0.927 bits per heavy atom. The average Bonchev–Trinajstić information content (AvgIpc) is 2.93. The maximum absolute atomic E-state index is 14.2. The fraction of sp³-hybridized carbons (Fsp3) is 0.355. The first-order valence-electron chi connectivity index (χ1n) is 13.5. The molecule has 0 bridgehead atoms. The minimum absolute atomic E-state index is 0.000820. The summed E-state index contributed by atoms with van der Waals surface area (Å²) in [4.78, 5) is 29.0. The van der Waals surface area contributed by atoms with E-state index in [9.17, 15) is 18.0 Å². The van der Waals surface area contributed by atoms with Crippen LogP contribution in [0, 0.1) is 19.8 Å². The second kappa shape index (κ2) is 14.2. The van der Waals surface area contributed by atoms with Crippen LogP contribution in [-0.2, 0) is 26.2 Å². The molecule has 0 saturated heterocycles. The molecule has 1 atom stereocenters. The van der Waals surface area contributed by atoms with Crippen LogP contribution in [0.25, 0.3) is 0 Å². The molecule has 0 fully saturated rings. The molecule has 3 rings (SSSR count). The van der Waals surface area contributed by atoms with E-state index in [1.807, 2.05) is 58.9 Å². The summed E-state index contributed by atoms with van der Waals surface area (Å²) in [6.45, 7) is 9.57. The molecule has 220 valence electrons. The molecule has 41 heavy (non-hydrogen) atoms. The molecular weight excluding hydrogens is 581 g/mol. The van der Waals surface area contributed by atoms with Crippen LogP contribution >= 0.6 is 23.2 Å². The summed E-state index contributed by atoms with van der Waals surface area (Å²) in [6, 6.07) is 17.7. The summed E-state index contributed by atoms with van der Waals surface area (Å²) < 4.78 is 29.0. The summed E-state index contributed by atoms with van der Waals surface area (Å²) in [5.41, 5.74) is 2.76. The number of rotatable bonds is 12. The number of benzene rings is 3. The second-order valence-electron chi connectivity index (χ2n) is 10.4. The van der Waals surface area contributed by atoms with Crippen molar-refractivity contribution in [1.29, 1.82) is 0 Å². The van der Waals surface area contributed by atoms with Gasteiger partial charge in [-0.3, -0.25) is 13.9 Å². The number of nitrogens with one attached hydrogen (secondary N) is 1. The fourth-order valence-corrected chi connectivity index (χ4v) is 6.22. The molecule has 10 heteroatoms. The van der Waals surface area contributed by atoms with E-state index >= 15 is 0 Å². The van der Waals surface area contributed by atoms with E-state index in [1.165, 1.54) is 23.1 Å². The van der Waals surface area contributed by atoms with Crippen LogP contribution in [0.5, 0.6) is 0 Å². The van der Waals surface area contributed by atoms with Gasteiger partial charge in [0.15, 0.2) is 0 Å². The standard InChI is InChI=1S/C31H37Cl2N3O4S/c1-6-27(31(38)34-18-21(2)3)35(19-24-11-8-7-10-23(24)5)29(37)20-36(28-13-9-12-26(32)30(28)33)41(39,40)25-16-14-22(4)15-17-25/h7-17,21,27H,6,18-20H2,1-5H3,(H,34,38)/t27-/m1/s1. The van der Waals surface area contributed by atoms with Crippen LogP contribution in [0.1, 0.15) is 43.9 Å². The Labute approximate surface area is 253 Å². The predicted octanol–water partition coefficient (Wildman–Crippen LogP) is 6.39. The number of hydrogen-bond acceptors (Lipinski definition) is 4. The Balaban J connectivity index is 2.10. The van der Waals surface area contributed by atoms with Gasteiger partial charge in [-0.25, -0.2) is 8.42 Å². The van der Waals surface area contributed by atoms with E-state index in [-0.39, 0.29) is 39.0 Å². The Hall–Kier alpha value is -3.07. The van der Waals surface area contributed by atoms with Crippen LogP contribution in [0.4, 0.5) is 5.69 Å². The fourth-order valence-electron chi connectivity index (χ4n) is 4.35. The highest BCUT2D eigenvalue weighted by Gasteiger charge is 2.34. The van der Waals surface area contributed by atoms with Gasteiger partial charge in [0, 0.05) is 13.1 Å². The number of nitrogens with zero attached hydrogens (tertiary/aromatic N) is 2. The molecular formula is C31H37Cl2N3O4S. The summed E-state index contributed by atoms with van der Waals surface area (Å²) >= 11 is 12.8. The van der Waals surface area contributed by atoms with E-state index in [0.29, 0.717) is 13.0 Å². The van der Waals surface area contributed by atoms with Crippen molar-refractivity contribution in [2.75, 3.05) is 17.4 Å². The van der Waals surface area contributed by atoms with Crippen LogP contribution < -0.4 is 9.62 Å². The van der Waals surface area contributed by atoms with Gasteiger partial charge in [-0.05, 0) is 61.6 Å². The summed E-state index contributed by atoms with van der Waals surface area (Å²) in [5, 5.41) is 3.08. The molecule has 0 aliphatic heterocycles. The first kappa shape index (κ1) is 32.4. The summed E-state index contributed by atoms with van der Waals surface area (Å²) in [5.74, 6) is -0.625. The topological polar surface area (TPSA) is 86.8 Å². The quantitative estimate of drug-likeness (QED) is 0.255. The van der Waals surface area contributed by atoms with Gasteiger partial charge in [0.2, 0.25) is 11.8 Å². The lowest BCUT2D eigenvalue weighted by atomic mass is 10.1. The zero-order valence-corrected chi connectivity index (χ0v) is 26.4. The number of carbonyl (C=O) groups excluding carboxylic acids is 2. The van der Waals surface area contributed by atoms with E-state index in [0.717, 1.165) is 21.0 Å². The van der Waals surface area contributed by atoms with Crippen molar-refractivity contribution in [1.82, 2.24) is 10.2 Å². The van der Waals surface area contributed by atoms with E-state index in [4.69, 9.17) is 23.2 Å². The number of anilines is 1. The average molecular weight is 619 g/mol. The number of hydrogen-bond donors (Lipinski definition) is 1. The molecule has 0 heterocycles. The van der Waals surface area contributed by atoms with Gasteiger partial charge in [0.05, 0.1) is 20.6 Å². The zero-order valence-electron chi connectivity index (χ0n) is 24.0. The lowest BCUT2D eigenvalue weighted by molar-refractivity contribution is -0.140. The Kier molecular flexibility index (Phi) is 11.2. The van der Waals surface area contributed by atoms with Gasteiger partial charge < -0.3 is 10.2 Å². The number of sulfonamides is 1. The molecule has 1 N–H and O–H groups in total. The smallest absolute Gasteiger partial charge is 0.264 e. The molecule has 0 unspecified atom stereocenters. The first-order chi connectivity index (χ1) is 19.4. The van der Waals surface area contributed by atoms with Crippen molar-refractivity contribution in [2.24, 2.45) is 5.92 Å². The highest BCUT2D eigenvalue weighted by atomic mass is 35.5. The lowest BCUT2D eigenvalue weighted by Gasteiger charge is -2.34. The Morgan fingerprint density at radius 2 is 1.59 bits per heavy atom. The minimum Gasteiger partial charge on any atom is -0.354 e. The first-order valence-corrected chi connectivity index (χ1v) is 15.7. The van der Waals surface area contributed by atoms with Gasteiger partial charge in [-0.2, -0.15) is 0 Å². The van der Waals surface area contributed by atoms with Crippen molar-refractivity contribution in [3.05, 3.63) is 93.5 Å². The van der Waals surface area contributed by atoms with Crippen molar-refractivity contribution < 1.29 is 18.0 Å². The van der Waals surface area contributed by atoms with E-state index < -0.39 is 28.5 Å². The third-order valence-electron chi connectivity index (χ3n) is 6.76. The van der Waals surface area contributed by atoms with Crippen molar-refractivity contribution >= 4 is 50.7 Å². The molecule has 0 saturated carbocycles. The monoisotopic (exact) mass is 617 g/mol. The van der Waals surface area contributed by atoms with Crippen molar-refractivity contribution in [3.63, 3.8) is 0 Å². The van der Waals surface area contributed by atoms with Gasteiger partial charge in [0.1, 0.15) is 12.6 Å². The Bertz CT molecular complexity index is 1480. The largest absolute Gasteiger partial charge is 0.354 e. The molecule has 0 aliphatic rings. The van der Waals surface area contributed by atoms with Crippen molar-refractivity contribution in [3.8, 4) is 0 Å². The normalized spacial score (nSPS) is 12.2. The summed E-state index contributed by atoms with van der Waals surface area (Å²) in [6.07, 6.45) is 0.337. The SMILES string of the molecule is CC[C@H](C(=O)NCC(C)C)N(Cc1ccccc1C)C(=O)CN(c1cccc(Cl)c1Cl)S(=O)(=O)c1ccc(C)cc1.